The van der Waals surface area contributed by atoms with Crippen LogP contribution in [0.15, 0.2) is 41.4 Å². The summed E-state index contributed by atoms with van der Waals surface area (Å²) in [5, 5.41) is 0. The van der Waals surface area contributed by atoms with E-state index in [0.29, 0.717) is 12.1 Å². The van der Waals surface area contributed by atoms with Gasteiger partial charge in [0.05, 0.1) is 28.7 Å². The van der Waals surface area contributed by atoms with Gasteiger partial charge in [0, 0.05) is 13.6 Å². The summed E-state index contributed by atoms with van der Waals surface area (Å²) in [5.41, 5.74) is -2.21. The normalized spacial score (nSPS) is 12.3. The molecule has 10 heteroatoms. The van der Waals surface area contributed by atoms with Gasteiger partial charge in [-0.2, -0.15) is 26.3 Å². The van der Waals surface area contributed by atoms with Crippen molar-refractivity contribution in [1.29, 1.82) is 0 Å². The Morgan fingerprint density at radius 2 is 1.68 bits per heavy atom. The molecule has 0 atom stereocenters. The van der Waals surface area contributed by atoms with Crippen molar-refractivity contribution in [3.63, 3.8) is 0 Å². The molecule has 2 rings (SSSR count). The predicted octanol–water partition coefficient (Wildman–Crippen LogP) is 6.00. The third-order valence-electron chi connectivity index (χ3n) is 4.41. The zero-order chi connectivity index (χ0) is 23.4. The van der Waals surface area contributed by atoms with Crippen molar-refractivity contribution in [2.45, 2.75) is 32.8 Å². The van der Waals surface area contributed by atoms with Gasteiger partial charge in [0.15, 0.2) is 0 Å². The Bertz CT molecular complexity index is 950. The highest BCUT2D eigenvalue weighted by molar-refractivity contribution is 5.92. The van der Waals surface area contributed by atoms with E-state index in [9.17, 15) is 31.1 Å². The van der Waals surface area contributed by atoms with Crippen LogP contribution in [-0.2, 0) is 23.7 Å². The van der Waals surface area contributed by atoms with Gasteiger partial charge in [-0.1, -0.05) is 12.1 Å². The van der Waals surface area contributed by atoms with E-state index in [1.807, 2.05) is 6.92 Å². The molecule has 4 nitrogen and oxygen atoms in total. The van der Waals surface area contributed by atoms with Crippen molar-refractivity contribution in [3.8, 4) is 0 Å². The molecule has 31 heavy (non-hydrogen) atoms. The van der Waals surface area contributed by atoms with Gasteiger partial charge in [0.2, 0.25) is 0 Å². The summed E-state index contributed by atoms with van der Waals surface area (Å²) in [7, 11) is 1.70. The smallest absolute Gasteiger partial charge is 0.417 e. The molecule has 0 heterocycles. The summed E-state index contributed by atoms with van der Waals surface area (Å²) in [6.07, 6.45) is -7.98. The number of rotatable bonds is 6. The fraction of sp³-hybridized carbons (Fsp3) is 0.333. The summed E-state index contributed by atoms with van der Waals surface area (Å²) >= 11 is 0. The molecule has 0 aromatic heterocycles. The molecule has 0 saturated carbocycles. The van der Waals surface area contributed by atoms with Crippen molar-refractivity contribution in [1.82, 2.24) is 4.90 Å². The number of alkyl halides is 6. The first-order valence-corrected chi connectivity index (χ1v) is 9.12. The Morgan fingerprint density at radius 1 is 1.06 bits per heavy atom. The van der Waals surface area contributed by atoms with Crippen LogP contribution in [0.4, 0.5) is 32.0 Å². The van der Waals surface area contributed by atoms with Crippen LogP contribution in [0.1, 0.15) is 39.5 Å². The van der Waals surface area contributed by atoms with Gasteiger partial charge in [-0.25, -0.2) is 9.79 Å². The van der Waals surface area contributed by atoms with Crippen molar-refractivity contribution < 1.29 is 35.9 Å². The highest BCUT2D eigenvalue weighted by Crippen LogP contribution is 2.36. The number of aryl methyl sites for hydroxylation is 1. The number of benzene rings is 2. The standard InChI is InChI=1S/C21H20F6N2O2/c1-4-29(3)12-28-18-10-17(21(25,26)27)16(9-13(18)2)19(30)31-11-14-5-7-15(8-6-14)20(22,23)24/h5-10,12H,4,11H2,1-3H3/b28-12+. The van der Waals surface area contributed by atoms with Crippen LogP contribution in [-0.4, -0.2) is 30.8 Å². The second-order valence-corrected chi connectivity index (χ2v) is 6.77. The van der Waals surface area contributed by atoms with Crippen molar-refractivity contribution in [2.75, 3.05) is 13.6 Å². The van der Waals surface area contributed by atoms with E-state index in [4.69, 9.17) is 4.74 Å². The average molecular weight is 446 g/mol. The lowest BCUT2D eigenvalue weighted by Crippen LogP contribution is -2.16. The second kappa shape index (κ2) is 9.40. The Balaban J connectivity index is 2.26. The molecule has 0 radical (unpaired) electrons. The minimum absolute atomic E-state index is 0.0481. The number of hydrogen-bond acceptors (Lipinski definition) is 3. The van der Waals surface area contributed by atoms with Crippen molar-refractivity contribution in [2.24, 2.45) is 4.99 Å². The highest BCUT2D eigenvalue weighted by atomic mass is 19.4. The Hall–Kier alpha value is -3.04. The van der Waals surface area contributed by atoms with E-state index in [1.54, 1.807) is 11.9 Å². The number of aliphatic imine (C=N–C) groups is 1. The maximum absolute atomic E-state index is 13.5. The van der Waals surface area contributed by atoms with E-state index in [1.165, 1.54) is 13.3 Å². The average Bonchev–Trinajstić information content (AvgIpc) is 2.69. The largest absolute Gasteiger partial charge is 0.457 e. The fourth-order valence-corrected chi connectivity index (χ4v) is 2.50. The second-order valence-electron chi connectivity index (χ2n) is 6.77. The van der Waals surface area contributed by atoms with Gasteiger partial charge in [-0.15, -0.1) is 0 Å². The number of esters is 1. The van der Waals surface area contributed by atoms with Gasteiger partial charge < -0.3 is 9.64 Å². The molecule has 0 aliphatic heterocycles. The fourth-order valence-electron chi connectivity index (χ4n) is 2.50. The minimum atomic E-state index is -4.84. The van der Waals surface area contributed by atoms with Crippen LogP contribution >= 0.6 is 0 Å². The van der Waals surface area contributed by atoms with Crippen molar-refractivity contribution in [3.05, 3.63) is 64.2 Å². The highest BCUT2D eigenvalue weighted by Gasteiger charge is 2.36. The number of carbonyl (C=O) groups excluding carboxylic acids is 1. The maximum Gasteiger partial charge on any atom is 0.417 e. The van der Waals surface area contributed by atoms with Gasteiger partial charge in [-0.3, -0.25) is 0 Å². The molecule has 0 saturated heterocycles. The van der Waals surface area contributed by atoms with E-state index in [0.717, 1.165) is 36.4 Å². The number of carbonyl (C=O) groups is 1. The van der Waals surface area contributed by atoms with E-state index >= 15 is 0 Å². The van der Waals surface area contributed by atoms with Crippen LogP contribution in [0, 0.1) is 6.92 Å². The third kappa shape index (κ3) is 6.47. The molecule has 0 bridgehead atoms. The first-order valence-electron chi connectivity index (χ1n) is 9.12. The monoisotopic (exact) mass is 446 g/mol. The lowest BCUT2D eigenvalue weighted by molar-refractivity contribution is -0.138. The van der Waals surface area contributed by atoms with Crippen LogP contribution in [0.5, 0.6) is 0 Å². The minimum Gasteiger partial charge on any atom is -0.457 e. The molecule has 0 aliphatic carbocycles. The molecule has 2 aromatic carbocycles. The number of nitrogens with zero attached hydrogens (tertiary/aromatic N) is 2. The topological polar surface area (TPSA) is 41.9 Å². The third-order valence-corrected chi connectivity index (χ3v) is 4.41. The first kappa shape index (κ1) is 24.2. The molecular weight excluding hydrogens is 426 g/mol. The van der Waals surface area contributed by atoms with E-state index < -0.39 is 41.6 Å². The molecule has 0 amide bonds. The zero-order valence-corrected chi connectivity index (χ0v) is 16.9. The summed E-state index contributed by atoms with van der Waals surface area (Å²) in [6, 6.07) is 5.59. The van der Waals surface area contributed by atoms with Crippen LogP contribution in [0.2, 0.25) is 0 Å². The maximum atomic E-state index is 13.5. The summed E-state index contributed by atoms with van der Waals surface area (Å²) in [6.45, 7) is 3.47. The van der Waals surface area contributed by atoms with Crippen LogP contribution in [0.3, 0.4) is 0 Å². The molecular formula is C21H20F6N2O2. The van der Waals surface area contributed by atoms with E-state index in [-0.39, 0.29) is 11.3 Å². The molecule has 168 valence electrons. The van der Waals surface area contributed by atoms with Gasteiger partial charge in [0.25, 0.3) is 0 Å². The quantitative estimate of drug-likeness (QED) is 0.237. The molecule has 0 aliphatic rings. The Morgan fingerprint density at radius 3 is 2.19 bits per heavy atom. The van der Waals surface area contributed by atoms with Crippen LogP contribution in [0.25, 0.3) is 0 Å². The first-order chi connectivity index (χ1) is 14.3. The van der Waals surface area contributed by atoms with Gasteiger partial charge in [0.1, 0.15) is 6.61 Å². The number of ether oxygens (including phenoxy) is 1. The number of hydrogen-bond donors (Lipinski definition) is 0. The lowest BCUT2D eigenvalue weighted by atomic mass is 10.0. The molecule has 2 aromatic rings. The van der Waals surface area contributed by atoms with Crippen molar-refractivity contribution >= 4 is 18.0 Å². The molecule has 0 N–H and O–H groups in total. The molecule has 0 unspecified atom stereocenters. The van der Waals surface area contributed by atoms with E-state index in [2.05, 4.69) is 4.99 Å². The Labute approximate surface area is 175 Å². The molecule has 0 fully saturated rings. The Kier molecular flexibility index (Phi) is 7.35. The number of halogens is 6. The summed E-state index contributed by atoms with van der Waals surface area (Å²) in [4.78, 5) is 18.0. The lowest BCUT2D eigenvalue weighted by Gasteiger charge is -2.15. The van der Waals surface area contributed by atoms with Crippen LogP contribution < -0.4 is 0 Å². The zero-order valence-electron chi connectivity index (χ0n) is 16.9. The van der Waals surface area contributed by atoms with Gasteiger partial charge in [-0.05, 0) is 49.2 Å². The molecule has 0 spiro atoms. The SMILES string of the molecule is CCN(C)/C=N/c1cc(C(F)(F)F)c(C(=O)OCc2ccc(C(F)(F)F)cc2)cc1C. The summed E-state index contributed by atoms with van der Waals surface area (Å²) < 4.78 is 83.3. The predicted molar refractivity (Wildman–Crippen MR) is 103 cm³/mol. The summed E-state index contributed by atoms with van der Waals surface area (Å²) in [5.74, 6) is -1.24. The van der Waals surface area contributed by atoms with Gasteiger partial charge >= 0.3 is 18.3 Å².